The van der Waals surface area contributed by atoms with Crippen LogP contribution in [0.4, 0.5) is 0 Å². The second-order valence-corrected chi connectivity index (χ2v) is 5.31. The lowest BCUT2D eigenvalue weighted by Gasteiger charge is -2.03. The summed E-state index contributed by atoms with van der Waals surface area (Å²) >= 11 is 1.56. The topological polar surface area (TPSA) is 35.8 Å². The molecule has 0 saturated carbocycles. The highest BCUT2D eigenvalue weighted by molar-refractivity contribution is 7.12. The second-order valence-electron chi connectivity index (χ2n) is 4.14. The minimum absolute atomic E-state index is 0.788. The van der Waals surface area contributed by atoms with Crippen LogP contribution in [-0.4, -0.2) is 6.54 Å². The molecule has 92 valence electrons. The Kier molecular flexibility index (Phi) is 4.95. The Bertz CT molecular complexity index is 511. The first-order valence-corrected chi connectivity index (χ1v) is 6.93. The van der Waals surface area contributed by atoms with Crippen molar-refractivity contribution in [3.05, 3.63) is 57.8 Å². The third-order valence-corrected chi connectivity index (χ3v) is 3.72. The van der Waals surface area contributed by atoms with E-state index in [-0.39, 0.29) is 0 Å². The summed E-state index contributed by atoms with van der Waals surface area (Å²) in [5, 5.41) is 12.1. The molecule has 2 nitrogen and oxygen atoms in total. The fourth-order valence-electron chi connectivity index (χ4n) is 1.81. The molecule has 0 amide bonds. The number of benzene rings is 1. The molecule has 3 heteroatoms. The molecule has 1 aromatic carbocycles. The first-order valence-electron chi connectivity index (χ1n) is 6.12. The number of nitrogens with one attached hydrogen (secondary N) is 1. The van der Waals surface area contributed by atoms with E-state index in [9.17, 15) is 0 Å². The van der Waals surface area contributed by atoms with E-state index in [0.717, 1.165) is 30.8 Å². The summed E-state index contributed by atoms with van der Waals surface area (Å²) in [6, 6.07) is 16.6. The summed E-state index contributed by atoms with van der Waals surface area (Å²) in [7, 11) is 0. The highest BCUT2D eigenvalue weighted by atomic mass is 32.1. The molecular weight excluding hydrogens is 240 g/mol. The number of rotatable bonds is 6. The smallest absolute Gasteiger partial charge is 0.110 e. The molecule has 0 atom stereocenters. The van der Waals surface area contributed by atoms with Crippen molar-refractivity contribution in [2.45, 2.75) is 19.4 Å². The molecule has 2 rings (SSSR count). The predicted molar refractivity (Wildman–Crippen MR) is 75.5 cm³/mol. The van der Waals surface area contributed by atoms with E-state index in [4.69, 9.17) is 5.26 Å². The lowest BCUT2D eigenvalue weighted by molar-refractivity contribution is 0.654. The zero-order valence-corrected chi connectivity index (χ0v) is 11.0. The maximum absolute atomic E-state index is 8.73. The van der Waals surface area contributed by atoms with E-state index < -0.39 is 0 Å². The Labute approximate surface area is 112 Å². The van der Waals surface area contributed by atoms with Crippen molar-refractivity contribution in [3.63, 3.8) is 0 Å². The van der Waals surface area contributed by atoms with Crippen molar-refractivity contribution in [2.24, 2.45) is 0 Å². The van der Waals surface area contributed by atoms with E-state index in [1.165, 1.54) is 10.4 Å². The fraction of sp³-hybridized carbons (Fsp3) is 0.267. The normalized spacial score (nSPS) is 10.2. The lowest BCUT2D eigenvalue weighted by atomic mass is 10.1. The number of nitriles is 1. The molecule has 1 N–H and O–H groups in total. The van der Waals surface area contributed by atoms with Gasteiger partial charge in [0.1, 0.15) is 10.9 Å². The number of aryl methyl sites for hydroxylation is 1. The molecule has 18 heavy (non-hydrogen) atoms. The third kappa shape index (κ3) is 3.99. The molecule has 2 aromatic rings. The van der Waals surface area contributed by atoms with Crippen molar-refractivity contribution in [1.82, 2.24) is 5.32 Å². The molecule has 0 spiro atoms. The second kappa shape index (κ2) is 6.95. The molecule has 0 aliphatic rings. The average Bonchev–Trinajstić information content (AvgIpc) is 2.87. The maximum Gasteiger partial charge on any atom is 0.110 e. The molecule has 1 aromatic heterocycles. The van der Waals surface area contributed by atoms with Crippen LogP contribution in [0.2, 0.25) is 0 Å². The van der Waals surface area contributed by atoms with Crippen LogP contribution in [0.15, 0.2) is 42.5 Å². The van der Waals surface area contributed by atoms with Gasteiger partial charge in [-0.1, -0.05) is 30.3 Å². The molecular formula is C15H16N2S. The van der Waals surface area contributed by atoms with Crippen LogP contribution in [0.5, 0.6) is 0 Å². The van der Waals surface area contributed by atoms with Crippen LogP contribution in [0.25, 0.3) is 0 Å². The number of thiophene rings is 1. The summed E-state index contributed by atoms with van der Waals surface area (Å²) in [5.74, 6) is 0. The molecule has 0 fully saturated rings. The summed E-state index contributed by atoms with van der Waals surface area (Å²) in [5.41, 5.74) is 1.39. The summed E-state index contributed by atoms with van der Waals surface area (Å²) < 4.78 is 0. The Morgan fingerprint density at radius 1 is 1.11 bits per heavy atom. The minimum Gasteiger partial charge on any atom is -0.312 e. The zero-order valence-electron chi connectivity index (χ0n) is 10.2. The highest BCUT2D eigenvalue weighted by Crippen LogP contribution is 2.14. The average molecular weight is 256 g/mol. The number of nitrogens with zero attached hydrogens (tertiary/aromatic N) is 1. The summed E-state index contributed by atoms with van der Waals surface area (Å²) in [6.07, 6.45) is 2.25. The van der Waals surface area contributed by atoms with Crippen LogP contribution >= 0.6 is 11.3 Å². The molecule has 0 aliphatic carbocycles. The molecule has 0 saturated heterocycles. The standard InChI is InChI=1S/C15H16N2S/c16-11-14-8-9-15(18-14)12-17-10-4-7-13-5-2-1-3-6-13/h1-3,5-6,8-9,17H,4,7,10,12H2. The van der Waals surface area contributed by atoms with E-state index in [1.54, 1.807) is 11.3 Å². The minimum atomic E-state index is 0.788. The molecule has 0 bridgehead atoms. The Hall–Kier alpha value is -1.63. The van der Waals surface area contributed by atoms with Crippen LogP contribution in [0.3, 0.4) is 0 Å². The Morgan fingerprint density at radius 2 is 1.94 bits per heavy atom. The largest absolute Gasteiger partial charge is 0.312 e. The monoisotopic (exact) mass is 256 g/mol. The molecule has 0 aliphatic heterocycles. The molecule has 1 heterocycles. The predicted octanol–water partition coefficient (Wildman–Crippen LogP) is 3.34. The SMILES string of the molecule is N#Cc1ccc(CNCCCc2ccccc2)s1. The zero-order chi connectivity index (χ0) is 12.6. The summed E-state index contributed by atoms with van der Waals surface area (Å²) in [4.78, 5) is 2.02. The van der Waals surface area contributed by atoms with Gasteiger partial charge in [-0.25, -0.2) is 0 Å². The van der Waals surface area contributed by atoms with E-state index in [0.29, 0.717) is 0 Å². The van der Waals surface area contributed by atoms with Gasteiger partial charge in [0, 0.05) is 11.4 Å². The fourth-order valence-corrected chi connectivity index (χ4v) is 2.58. The van der Waals surface area contributed by atoms with Crippen LogP contribution in [0.1, 0.15) is 21.7 Å². The summed E-state index contributed by atoms with van der Waals surface area (Å²) in [6.45, 7) is 1.87. The van der Waals surface area contributed by atoms with E-state index in [2.05, 4.69) is 35.7 Å². The molecule has 0 radical (unpaired) electrons. The van der Waals surface area contributed by atoms with Crippen molar-refractivity contribution < 1.29 is 0 Å². The van der Waals surface area contributed by atoms with Crippen LogP contribution < -0.4 is 5.32 Å². The van der Waals surface area contributed by atoms with Crippen molar-refractivity contribution in [2.75, 3.05) is 6.54 Å². The number of hydrogen-bond acceptors (Lipinski definition) is 3. The van der Waals surface area contributed by atoms with Gasteiger partial charge in [0.25, 0.3) is 0 Å². The van der Waals surface area contributed by atoms with E-state index >= 15 is 0 Å². The van der Waals surface area contributed by atoms with Gasteiger partial charge in [-0.05, 0) is 37.1 Å². The first-order chi connectivity index (χ1) is 8.88. The quantitative estimate of drug-likeness (QED) is 0.805. The van der Waals surface area contributed by atoms with Gasteiger partial charge in [-0.15, -0.1) is 11.3 Å². The third-order valence-electron chi connectivity index (χ3n) is 2.73. The van der Waals surface area contributed by atoms with Gasteiger partial charge < -0.3 is 5.32 Å². The first kappa shape index (κ1) is 12.8. The van der Waals surface area contributed by atoms with Crippen molar-refractivity contribution in [1.29, 1.82) is 5.26 Å². The van der Waals surface area contributed by atoms with Crippen molar-refractivity contribution in [3.8, 4) is 6.07 Å². The highest BCUT2D eigenvalue weighted by Gasteiger charge is 1.98. The van der Waals surface area contributed by atoms with Gasteiger partial charge in [0.2, 0.25) is 0 Å². The van der Waals surface area contributed by atoms with E-state index in [1.807, 2.05) is 18.2 Å². The van der Waals surface area contributed by atoms with Gasteiger partial charge in [0.15, 0.2) is 0 Å². The van der Waals surface area contributed by atoms with Gasteiger partial charge in [0.05, 0.1) is 0 Å². The van der Waals surface area contributed by atoms with Crippen LogP contribution in [0, 0.1) is 11.3 Å². The lowest BCUT2D eigenvalue weighted by Crippen LogP contribution is -2.14. The Balaban J connectivity index is 1.63. The van der Waals surface area contributed by atoms with Crippen LogP contribution in [-0.2, 0) is 13.0 Å². The van der Waals surface area contributed by atoms with Gasteiger partial charge in [-0.2, -0.15) is 5.26 Å². The van der Waals surface area contributed by atoms with Gasteiger partial charge >= 0.3 is 0 Å². The van der Waals surface area contributed by atoms with Crippen molar-refractivity contribution >= 4 is 11.3 Å². The maximum atomic E-state index is 8.73. The molecule has 0 unspecified atom stereocenters. The number of hydrogen-bond donors (Lipinski definition) is 1. The van der Waals surface area contributed by atoms with Gasteiger partial charge in [-0.3, -0.25) is 0 Å². The Morgan fingerprint density at radius 3 is 2.67 bits per heavy atom.